The Morgan fingerprint density at radius 3 is 2.81 bits per heavy atom. The molecule has 1 aliphatic rings. The maximum atomic E-state index is 13.1. The van der Waals surface area contributed by atoms with Crippen LogP contribution in [0.3, 0.4) is 0 Å². The second-order valence-electron chi connectivity index (χ2n) is 7.45. The molecule has 9 heteroatoms. The molecule has 0 aliphatic carbocycles. The van der Waals surface area contributed by atoms with Gasteiger partial charge >= 0.3 is 0 Å². The van der Waals surface area contributed by atoms with E-state index in [4.69, 9.17) is 9.78 Å². The van der Waals surface area contributed by atoms with E-state index in [9.17, 15) is 9.18 Å². The Balaban J connectivity index is 1.43. The first-order valence-corrected chi connectivity index (χ1v) is 9.69. The van der Waals surface area contributed by atoms with Crippen LogP contribution in [0.5, 0.6) is 0 Å². The second-order valence-corrected chi connectivity index (χ2v) is 7.45. The van der Waals surface area contributed by atoms with Gasteiger partial charge in [-0.3, -0.25) is 4.79 Å². The molecule has 8 nitrogen and oxygen atoms in total. The third kappa shape index (κ3) is 3.28. The van der Waals surface area contributed by atoms with Gasteiger partial charge in [-0.15, -0.1) is 0 Å². The summed E-state index contributed by atoms with van der Waals surface area (Å²) in [5.41, 5.74) is 3.49. The molecular formula is C22H17FN6O2. The minimum Gasteiger partial charge on any atom is -0.354 e. The van der Waals surface area contributed by atoms with E-state index < -0.39 is 0 Å². The van der Waals surface area contributed by atoms with Gasteiger partial charge in [-0.05, 0) is 42.8 Å². The lowest BCUT2D eigenvalue weighted by Crippen LogP contribution is -2.49. The van der Waals surface area contributed by atoms with E-state index in [2.05, 4.69) is 21.6 Å². The molecule has 5 rings (SSSR count). The summed E-state index contributed by atoms with van der Waals surface area (Å²) in [4.78, 5) is 14.5. The normalized spacial score (nSPS) is 13.8. The largest absolute Gasteiger partial charge is 0.354 e. The zero-order valence-electron chi connectivity index (χ0n) is 16.5. The van der Waals surface area contributed by atoms with Crippen LogP contribution in [-0.2, 0) is 0 Å². The molecule has 1 fully saturated rings. The van der Waals surface area contributed by atoms with Gasteiger partial charge < -0.3 is 14.7 Å². The number of halogens is 1. The zero-order chi connectivity index (χ0) is 21.5. The minimum atomic E-state index is -0.323. The number of aromatic nitrogens is 3. The molecule has 1 aliphatic heterocycles. The van der Waals surface area contributed by atoms with E-state index in [-0.39, 0.29) is 17.6 Å². The number of hydrogen-bond donors (Lipinski definition) is 1. The molecule has 1 amide bonds. The van der Waals surface area contributed by atoms with Gasteiger partial charge in [-0.2, -0.15) is 10.4 Å². The van der Waals surface area contributed by atoms with Gasteiger partial charge in [-0.25, -0.2) is 8.91 Å². The molecule has 0 bridgehead atoms. The van der Waals surface area contributed by atoms with Crippen molar-refractivity contribution < 1.29 is 13.7 Å². The van der Waals surface area contributed by atoms with Crippen molar-refractivity contribution in [3.8, 4) is 17.4 Å². The highest BCUT2D eigenvalue weighted by Gasteiger charge is 2.32. The fourth-order valence-corrected chi connectivity index (χ4v) is 3.69. The van der Waals surface area contributed by atoms with Gasteiger partial charge in [0.15, 0.2) is 11.6 Å². The number of likely N-dealkylation sites (tertiary alicyclic amines) is 1. The van der Waals surface area contributed by atoms with Gasteiger partial charge in [-0.1, -0.05) is 5.16 Å². The number of aryl methyl sites for hydroxylation is 1. The molecule has 4 heterocycles. The van der Waals surface area contributed by atoms with Crippen LogP contribution in [0.25, 0.3) is 16.8 Å². The van der Waals surface area contributed by atoms with Crippen molar-refractivity contribution in [3.05, 3.63) is 65.7 Å². The van der Waals surface area contributed by atoms with Crippen LogP contribution in [0.15, 0.2) is 53.3 Å². The summed E-state index contributed by atoms with van der Waals surface area (Å²) < 4.78 is 20.2. The summed E-state index contributed by atoms with van der Waals surface area (Å²) in [6, 6.07) is 11.6. The number of nitriles is 1. The highest BCUT2D eigenvalue weighted by Crippen LogP contribution is 2.30. The summed E-state index contributed by atoms with van der Waals surface area (Å²) in [6.45, 7) is 2.76. The van der Waals surface area contributed by atoms with E-state index in [0.717, 1.165) is 11.1 Å². The third-order valence-electron chi connectivity index (χ3n) is 5.41. The van der Waals surface area contributed by atoms with Crippen molar-refractivity contribution >= 4 is 22.9 Å². The molecule has 0 radical (unpaired) electrons. The molecule has 0 atom stereocenters. The lowest BCUT2D eigenvalue weighted by atomic mass is 10.0. The van der Waals surface area contributed by atoms with E-state index >= 15 is 0 Å². The summed E-state index contributed by atoms with van der Waals surface area (Å²) in [7, 11) is 0. The standard InChI is InChI=1S/C22H17FN6O2/c1-13-17(22(30)28-10-14(9-24)11-28)12-29-21(13)18(6-7-25-29)26-20-8-19(31-27-20)15-2-4-16(23)5-3-15/h2-8,12,14H,10-11H2,1H3,(H,26,27). The highest BCUT2D eigenvalue weighted by atomic mass is 19.1. The predicted molar refractivity (Wildman–Crippen MR) is 110 cm³/mol. The summed E-state index contributed by atoms with van der Waals surface area (Å²) >= 11 is 0. The smallest absolute Gasteiger partial charge is 0.255 e. The van der Waals surface area contributed by atoms with Crippen LogP contribution in [-0.4, -0.2) is 38.7 Å². The van der Waals surface area contributed by atoms with E-state index in [0.29, 0.717) is 41.5 Å². The minimum absolute atomic E-state index is 0.0980. The number of hydrogen-bond acceptors (Lipinski definition) is 6. The number of rotatable bonds is 4. The number of nitrogens with one attached hydrogen (secondary N) is 1. The first-order chi connectivity index (χ1) is 15.0. The van der Waals surface area contributed by atoms with Crippen molar-refractivity contribution in [1.29, 1.82) is 5.26 Å². The topological polar surface area (TPSA) is 99.5 Å². The maximum Gasteiger partial charge on any atom is 0.255 e. The van der Waals surface area contributed by atoms with Crippen LogP contribution in [0, 0.1) is 30.0 Å². The first-order valence-electron chi connectivity index (χ1n) is 9.69. The molecular weight excluding hydrogens is 399 g/mol. The van der Waals surface area contributed by atoms with Crippen LogP contribution in [0.1, 0.15) is 15.9 Å². The van der Waals surface area contributed by atoms with Gasteiger partial charge in [0.2, 0.25) is 0 Å². The predicted octanol–water partition coefficient (Wildman–Crippen LogP) is 3.78. The van der Waals surface area contributed by atoms with Crippen LogP contribution in [0.2, 0.25) is 0 Å². The molecule has 0 saturated carbocycles. The number of anilines is 2. The van der Waals surface area contributed by atoms with Crippen LogP contribution >= 0.6 is 0 Å². The first kappa shape index (κ1) is 18.8. The van der Waals surface area contributed by atoms with Crippen molar-refractivity contribution in [2.24, 2.45) is 5.92 Å². The highest BCUT2D eigenvalue weighted by molar-refractivity contribution is 6.00. The third-order valence-corrected chi connectivity index (χ3v) is 5.41. The van der Waals surface area contributed by atoms with E-state index in [1.54, 1.807) is 46.1 Å². The number of benzene rings is 1. The average molecular weight is 416 g/mol. The average Bonchev–Trinajstić information content (AvgIpc) is 3.33. The number of amides is 1. The second kappa shape index (κ2) is 7.25. The fourth-order valence-electron chi connectivity index (χ4n) is 3.69. The summed E-state index contributed by atoms with van der Waals surface area (Å²) in [5.74, 6) is 0.441. The zero-order valence-corrected chi connectivity index (χ0v) is 16.5. The molecule has 154 valence electrons. The van der Waals surface area contributed by atoms with E-state index in [1.807, 2.05) is 6.92 Å². The number of carbonyl (C=O) groups excluding carboxylic acids is 1. The molecule has 3 aromatic heterocycles. The quantitative estimate of drug-likeness (QED) is 0.544. The fraction of sp³-hybridized carbons (Fsp3) is 0.182. The Hall–Kier alpha value is -4.19. The lowest BCUT2D eigenvalue weighted by molar-refractivity contribution is 0.0576. The Morgan fingerprint density at radius 2 is 2.06 bits per heavy atom. The summed E-state index contributed by atoms with van der Waals surface area (Å²) in [6.07, 6.45) is 3.32. The Kier molecular flexibility index (Phi) is 4.40. The molecule has 1 aromatic carbocycles. The maximum absolute atomic E-state index is 13.1. The molecule has 1 saturated heterocycles. The Labute approximate surface area is 176 Å². The van der Waals surface area contributed by atoms with Crippen molar-refractivity contribution in [1.82, 2.24) is 19.7 Å². The SMILES string of the molecule is Cc1c(C(=O)N2CC(C#N)C2)cn2nccc(Nc3cc(-c4ccc(F)cc4)on3)c12. The number of nitrogens with zero attached hydrogens (tertiary/aromatic N) is 5. The van der Waals surface area contributed by atoms with E-state index in [1.165, 1.54) is 12.1 Å². The molecule has 1 N–H and O–H groups in total. The number of carbonyl (C=O) groups is 1. The molecule has 0 unspecified atom stereocenters. The van der Waals surface area contributed by atoms with Crippen molar-refractivity contribution in [2.75, 3.05) is 18.4 Å². The number of fused-ring (bicyclic) bond motifs is 1. The van der Waals surface area contributed by atoms with Gasteiger partial charge in [0, 0.05) is 37.1 Å². The molecule has 31 heavy (non-hydrogen) atoms. The monoisotopic (exact) mass is 416 g/mol. The van der Waals surface area contributed by atoms with Gasteiger partial charge in [0.25, 0.3) is 5.91 Å². The van der Waals surface area contributed by atoms with Crippen molar-refractivity contribution in [2.45, 2.75) is 6.92 Å². The van der Waals surface area contributed by atoms with Crippen LogP contribution in [0.4, 0.5) is 15.9 Å². The Bertz CT molecular complexity index is 1330. The van der Waals surface area contributed by atoms with Crippen molar-refractivity contribution in [3.63, 3.8) is 0 Å². The van der Waals surface area contributed by atoms with Gasteiger partial charge in [0.05, 0.1) is 28.8 Å². The van der Waals surface area contributed by atoms with Crippen LogP contribution < -0.4 is 5.32 Å². The Morgan fingerprint density at radius 1 is 1.29 bits per heavy atom. The lowest BCUT2D eigenvalue weighted by Gasteiger charge is -2.35. The summed E-state index contributed by atoms with van der Waals surface area (Å²) in [5, 5.41) is 20.5. The molecule has 4 aromatic rings. The molecule has 0 spiro atoms. The van der Waals surface area contributed by atoms with Gasteiger partial charge in [0.1, 0.15) is 5.82 Å².